The third-order valence-corrected chi connectivity index (χ3v) is 2.15. The zero-order valence-electron chi connectivity index (χ0n) is 4.44. The number of pyridine rings is 1. The smallest absolute Gasteiger partial charge is 0.187 e. The average Bonchev–Trinajstić information content (AvgIpc) is 2.39. The Hall–Kier alpha value is -0.270. The first-order valence-electron chi connectivity index (χ1n) is 2.57. The second-order valence-corrected chi connectivity index (χ2v) is 3.30. The van der Waals surface area contributed by atoms with E-state index in [1.165, 1.54) is 0 Å². The lowest BCUT2D eigenvalue weighted by molar-refractivity contribution is 1.23. The molecule has 46 valence electrons. The molecule has 0 amide bonds. The Labute approximate surface area is 62.6 Å². The molecule has 1 aliphatic rings. The predicted octanol–water partition coefficient (Wildman–Crippen LogP) is 2.07. The van der Waals surface area contributed by atoms with E-state index in [2.05, 4.69) is 4.98 Å². The summed E-state index contributed by atoms with van der Waals surface area (Å²) in [5.74, 6) is 0. The molecule has 3 heteroatoms. The minimum atomic E-state index is -0.760. The maximum atomic E-state index is 5.74. The Bertz CT molecular complexity index is 232. The summed E-state index contributed by atoms with van der Waals surface area (Å²) >= 11 is 11.5. The first-order chi connectivity index (χ1) is 4.23. The molecule has 0 radical (unpaired) electrons. The molecule has 0 N–H and O–H groups in total. The van der Waals surface area contributed by atoms with Gasteiger partial charge in [0.25, 0.3) is 0 Å². The number of alkyl halides is 2. The number of nitrogens with zero attached hydrogens (tertiary/aromatic N) is 1. The van der Waals surface area contributed by atoms with Crippen molar-refractivity contribution >= 4 is 23.2 Å². The number of aromatic nitrogens is 1. The molecule has 0 bridgehead atoms. The van der Waals surface area contributed by atoms with Gasteiger partial charge < -0.3 is 0 Å². The van der Waals surface area contributed by atoms with Crippen LogP contribution >= 0.6 is 23.2 Å². The topological polar surface area (TPSA) is 12.9 Å². The highest BCUT2D eigenvalue weighted by molar-refractivity contribution is 6.53. The summed E-state index contributed by atoms with van der Waals surface area (Å²) in [4.78, 5) is 3.96. The van der Waals surface area contributed by atoms with E-state index >= 15 is 0 Å². The van der Waals surface area contributed by atoms with E-state index in [1.54, 1.807) is 6.20 Å². The largest absolute Gasteiger partial charge is 0.257 e. The molecule has 0 spiro atoms. The fourth-order valence-electron chi connectivity index (χ4n) is 0.831. The minimum Gasteiger partial charge on any atom is -0.257 e. The highest BCUT2D eigenvalue weighted by atomic mass is 35.5. The summed E-state index contributed by atoms with van der Waals surface area (Å²) < 4.78 is -0.760. The molecule has 0 aliphatic heterocycles. The van der Waals surface area contributed by atoms with E-state index in [0.717, 1.165) is 11.3 Å². The van der Waals surface area contributed by atoms with Crippen LogP contribution in [0.1, 0.15) is 11.3 Å². The first kappa shape index (κ1) is 5.51. The average molecular weight is 160 g/mol. The maximum Gasteiger partial charge on any atom is 0.187 e. The summed E-state index contributed by atoms with van der Waals surface area (Å²) in [5, 5.41) is 0. The van der Waals surface area contributed by atoms with Gasteiger partial charge in [-0.3, -0.25) is 4.98 Å². The fourth-order valence-corrected chi connectivity index (χ4v) is 1.34. The van der Waals surface area contributed by atoms with Gasteiger partial charge >= 0.3 is 0 Å². The van der Waals surface area contributed by atoms with E-state index in [9.17, 15) is 0 Å². The number of hydrogen-bond acceptors (Lipinski definition) is 1. The number of halogens is 2. The normalized spacial score (nSPS) is 18.9. The van der Waals surface area contributed by atoms with Crippen molar-refractivity contribution in [1.82, 2.24) is 4.98 Å². The third kappa shape index (κ3) is 0.591. The van der Waals surface area contributed by atoms with Gasteiger partial charge in [0.1, 0.15) is 0 Å². The van der Waals surface area contributed by atoms with E-state index in [0.29, 0.717) is 0 Å². The van der Waals surface area contributed by atoms with Gasteiger partial charge in [-0.15, -0.1) is 0 Å². The monoisotopic (exact) mass is 159 g/mol. The lowest BCUT2D eigenvalue weighted by Gasteiger charge is -1.84. The highest BCUT2D eigenvalue weighted by Gasteiger charge is 2.49. The van der Waals surface area contributed by atoms with Crippen LogP contribution in [0.25, 0.3) is 0 Å². The number of hydrogen-bond donors (Lipinski definition) is 0. The van der Waals surface area contributed by atoms with Crippen molar-refractivity contribution in [3.8, 4) is 0 Å². The molecular formula is C6H3Cl2N. The van der Waals surface area contributed by atoms with Crippen LogP contribution in [0.2, 0.25) is 0 Å². The molecule has 1 aromatic heterocycles. The van der Waals surface area contributed by atoms with Crippen molar-refractivity contribution in [1.29, 1.82) is 0 Å². The zero-order valence-corrected chi connectivity index (χ0v) is 5.95. The molecule has 0 atom stereocenters. The van der Waals surface area contributed by atoms with Gasteiger partial charge in [-0.25, -0.2) is 0 Å². The summed E-state index contributed by atoms with van der Waals surface area (Å²) in [5.41, 5.74) is 1.74. The van der Waals surface area contributed by atoms with E-state index in [-0.39, 0.29) is 0 Å². The van der Waals surface area contributed by atoms with Crippen LogP contribution in [0.3, 0.4) is 0 Å². The lowest BCUT2D eigenvalue weighted by atomic mass is 10.5. The van der Waals surface area contributed by atoms with Crippen LogP contribution in [-0.4, -0.2) is 4.98 Å². The van der Waals surface area contributed by atoms with Crippen molar-refractivity contribution in [3.05, 3.63) is 29.6 Å². The van der Waals surface area contributed by atoms with Crippen molar-refractivity contribution in [2.75, 3.05) is 0 Å². The summed E-state index contributed by atoms with van der Waals surface area (Å²) in [6.45, 7) is 0. The van der Waals surface area contributed by atoms with Crippen LogP contribution in [0.4, 0.5) is 0 Å². The second-order valence-electron chi connectivity index (χ2n) is 1.97. The molecule has 2 rings (SSSR count). The minimum absolute atomic E-state index is 0.760. The number of fused-ring (bicyclic) bond motifs is 1. The van der Waals surface area contributed by atoms with E-state index in [1.807, 2.05) is 12.1 Å². The van der Waals surface area contributed by atoms with Gasteiger partial charge in [0.05, 0.1) is 5.69 Å². The van der Waals surface area contributed by atoms with Crippen LogP contribution in [0.5, 0.6) is 0 Å². The van der Waals surface area contributed by atoms with Gasteiger partial charge in [0.2, 0.25) is 0 Å². The molecule has 0 saturated carbocycles. The molecule has 0 fully saturated rings. The molecule has 0 saturated heterocycles. The van der Waals surface area contributed by atoms with Crippen molar-refractivity contribution < 1.29 is 0 Å². The number of rotatable bonds is 0. The van der Waals surface area contributed by atoms with Gasteiger partial charge in [-0.05, 0) is 6.07 Å². The van der Waals surface area contributed by atoms with E-state index < -0.39 is 4.33 Å². The predicted molar refractivity (Wildman–Crippen MR) is 36.7 cm³/mol. The van der Waals surface area contributed by atoms with Crippen molar-refractivity contribution in [2.24, 2.45) is 0 Å². The van der Waals surface area contributed by atoms with Gasteiger partial charge in [-0.1, -0.05) is 29.3 Å². The first-order valence-corrected chi connectivity index (χ1v) is 3.32. The Morgan fingerprint density at radius 2 is 2.22 bits per heavy atom. The van der Waals surface area contributed by atoms with Crippen molar-refractivity contribution in [3.63, 3.8) is 0 Å². The molecule has 0 unspecified atom stereocenters. The molecule has 1 aromatic rings. The summed E-state index contributed by atoms with van der Waals surface area (Å²) in [7, 11) is 0. The third-order valence-electron chi connectivity index (χ3n) is 1.38. The van der Waals surface area contributed by atoms with Crippen LogP contribution in [0, 0.1) is 0 Å². The summed E-state index contributed by atoms with van der Waals surface area (Å²) in [6.07, 6.45) is 1.69. The Morgan fingerprint density at radius 3 is 2.67 bits per heavy atom. The molecule has 0 aromatic carbocycles. The molecule has 1 nitrogen and oxygen atoms in total. The zero-order chi connectivity index (χ0) is 6.48. The van der Waals surface area contributed by atoms with Gasteiger partial charge in [0.15, 0.2) is 4.33 Å². The molecular weight excluding hydrogens is 157 g/mol. The lowest BCUT2D eigenvalue weighted by Crippen LogP contribution is -1.79. The molecule has 1 heterocycles. The highest BCUT2D eigenvalue weighted by Crippen LogP contribution is 2.55. The van der Waals surface area contributed by atoms with Gasteiger partial charge in [0, 0.05) is 11.8 Å². The van der Waals surface area contributed by atoms with Crippen LogP contribution < -0.4 is 0 Å². The standard InChI is InChI=1S/C6H3Cl2N/c7-6(8)4-2-1-3-9-5(4)6/h1-3H. The molecule has 1 aliphatic carbocycles. The van der Waals surface area contributed by atoms with Crippen LogP contribution in [0.15, 0.2) is 18.3 Å². The van der Waals surface area contributed by atoms with Crippen LogP contribution in [-0.2, 0) is 4.33 Å². The summed E-state index contributed by atoms with van der Waals surface area (Å²) in [6, 6.07) is 3.70. The second kappa shape index (κ2) is 1.41. The Balaban J connectivity index is 2.58. The fraction of sp³-hybridized carbons (Fsp3) is 0.167. The quantitative estimate of drug-likeness (QED) is 0.529. The maximum absolute atomic E-state index is 5.74. The SMILES string of the molecule is ClC1(Cl)c2cccnc21. The van der Waals surface area contributed by atoms with Gasteiger partial charge in [-0.2, -0.15) is 0 Å². The molecule has 9 heavy (non-hydrogen) atoms. The van der Waals surface area contributed by atoms with Crippen molar-refractivity contribution in [2.45, 2.75) is 4.33 Å². The Kier molecular flexibility index (Phi) is 0.866. The Morgan fingerprint density at radius 1 is 1.44 bits per heavy atom. The van der Waals surface area contributed by atoms with E-state index in [4.69, 9.17) is 23.2 Å².